The molecule has 1 N–H and O–H groups in total. The highest BCUT2D eigenvalue weighted by Gasteiger charge is 2.35. The maximum atomic E-state index is 13.0. The van der Waals surface area contributed by atoms with Crippen molar-refractivity contribution < 1.29 is 19.1 Å². The predicted molar refractivity (Wildman–Crippen MR) is 152 cm³/mol. The lowest BCUT2D eigenvalue weighted by molar-refractivity contribution is -0.123. The van der Waals surface area contributed by atoms with E-state index in [1.165, 1.54) is 4.90 Å². The highest BCUT2D eigenvalue weighted by molar-refractivity contribution is 8.18. The lowest BCUT2D eigenvalue weighted by Gasteiger charge is -2.14. The van der Waals surface area contributed by atoms with Gasteiger partial charge in [-0.25, -0.2) is 0 Å². The monoisotopic (exact) mass is 522 g/mol. The van der Waals surface area contributed by atoms with Gasteiger partial charge in [0.25, 0.3) is 17.1 Å². The van der Waals surface area contributed by atoms with Crippen molar-refractivity contribution in [1.82, 2.24) is 4.90 Å². The van der Waals surface area contributed by atoms with E-state index in [2.05, 4.69) is 5.32 Å². The number of hydrogen-bond acceptors (Lipinski definition) is 5. The number of carbonyl (C=O) groups is 3. The number of benzene rings is 4. The Kier molecular flexibility index (Phi) is 7.29. The summed E-state index contributed by atoms with van der Waals surface area (Å²) in [5, 5.41) is 4.66. The first-order valence-corrected chi connectivity index (χ1v) is 13.0. The molecule has 1 fully saturated rings. The number of amides is 3. The lowest BCUT2D eigenvalue weighted by Crippen LogP contribution is -2.27. The summed E-state index contributed by atoms with van der Waals surface area (Å²) < 4.78 is 5.62. The Bertz CT molecular complexity index is 1570. The molecule has 1 aliphatic rings. The Morgan fingerprint density at radius 2 is 1.71 bits per heavy atom. The highest BCUT2D eigenvalue weighted by Crippen LogP contribution is 2.34. The van der Waals surface area contributed by atoms with E-state index in [1.807, 2.05) is 74.5 Å². The number of thioether (sulfide) groups is 1. The molecule has 4 aromatic rings. The van der Waals surface area contributed by atoms with E-state index in [0.717, 1.165) is 50.5 Å². The van der Waals surface area contributed by atoms with Gasteiger partial charge in [-0.3, -0.25) is 19.3 Å². The Morgan fingerprint density at radius 3 is 2.50 bits per heavy atom. The minimum atomic E-state index is -0.309. The average Bonchev–Trinajstić information content (AvgIpc) is 3.17. The van der Waals surface area contributed by atoms with E-state index in [9.17, 15) is 14.4 Å². The molecule has 1 heterocycles. The van der Waals surface area contributed by atoms with Crippen LogP contribution in [0.5, 0.6) is 5.75 Å². The van der Waals surface area contributed by atoms with Crippen molar-refractivity contribution in [1.29, 1.82) is 0 Å². The van der Waals surface area contributed by atoms with E-state index in [-0.39, 0.29) is 30.2 Å². The van der Waals surface area contributed by atoms with Crippen LogP contribution in [0.2, 0.25) is 0 Å². The molecule has 7 heteroatoms. The van der Waals surface area contributed by atoms with Crippen molar-refractivity contribution in [3.8, 4) is 5.75 Å². The van der Waals surface area contributed by atoms with Gasteiger partial charge in [-0.15, -0.1) is 0 Å². The zero-order valence-electron chi connectivity index (χ0n) is 21.1. The first-order valence-electron chi connectivity index (χ1n) is 12.2. The minimum Gasteiger partial charge on any atom is -0.484 e. The van der Waals surface area contributed by atoms with Crippen LogP contribution in [0.3, 0.4) is 0 Å². The fraction of sp³-hybridized carbons (Fsp3) is 0.129. The molecule has 38 heavy (non-hydrogen) atoms. The summed E-state index contributed by atoms with van der Waals surface area (Å²) in [6.07, 6.45) is 1.70. The number of nitrogens with zero attached hydrogens (tertiary/aromatic N) is 1. The quantitative estimate of drug-likeness (QED) is 0.273. The molecule has 0 saturated carbocycles. The van der Waals surface area contributed by atoms with Gasteiger partial charge >= 0.3 is 0 Å². The number of anilines is 1. The molecule has 0 aliphatic carbocycles. The molecule has 0 radical (unpaired) electrons. The largest absolute Gasteiger partial charge is 0.484 e. The van der Waals surface area contributed by atoms with Crippen molar-refractivity contribution in [2.45, 2.75) is 20.4 Å². The number of hydrogen-bond donors (Lipinski definition) is 1. The van der Waals surface area contributed by atoms with E-state index >= 15 is 0 Å². The second-order valence-electron chi connectivity index (χ2n) is 9.13. The van der Waals surface area contributed by atoms with Crippen LogP contribution in [0, 0.1) is 13.8 Å². The summed E-state index contributed by atoms with van der Waals surface area (Å²) in [5.41, 5.74) is 4.56. The molecule has 1 saturated heterocycles. The molecule has 0 atom stereocenters. The topological polar surface area (TPSA) is 75.7 Å². The molecular formula is C31H26N2O4S. The standard InChI is InChI=1S/C31H26N2O4S/c1-20-10-15-27(21(2)16-20)32-29(34)19-37-25-13-11-22(12-14-25)17-28-30(35)33(31(36)38-28)18-24-8-5-7-23-6-3-4-9-26(23)24/h3-17H,18-19H2,1-2H3,(H,32,34)/b28-17-. The van der Waals surface area contributed by atoms with Gasteiger partial charge in [-0.2, -0.15) is 0 Å². The lowest BCUT2D eigenvalue weighted by atomic mass is 10.0. The van der Waals surface area contributed by atoms with E-state index in [0.29, 0.717) is 10.7 Å². The first-order chi connectivity index (χ1) is 18.4. The Balaban J connectivity index is 1.21. The normalized spacial score (nSPS) is 14.4. The zero-order chi connectivity index (χ0) is 26.6. The maximum Gasteiger partial charge on any atom is 0.293 e. The van der Waals surface area contributed by atoms with Crippen molar-refractivity contribution in [3.63, 3.8) is 0 Å². The molecule has 0 unspecified atom stereocenters. The molecule has 190 valence electrons. The number of carbonyl (C=O) groups excluding carboxylic acids is 3. The highest BCUT2D eigenvalue weighted by atomic mass is 32.2. The van der Waals surface area contributed by atoms with Gasteiger partial charge in [0.15, 0.2) is 6.61 Å². The van der Waals surface area contributed by atoms with Crippen LogP contribution in [0.1, 0.15) is 22.3 Å². The SMILES string of the molecule is Cc1ccc(NC(=O)COc2ccc(/C=C3\SC(=O)N(Cc4cccc5ccccc45)C3=O)cc2)c(C)c1. The van der Waals surface area contributed by atoms with Gasteiger partial charge in [-0.05, 0) is 77.3 Å². The van der Waals surface area contributed by atoms with Crippen LogP contribution in [0.25, 0.3) is 16.8 Å². The average molecular weight is 523 g/mol. The van der Waals surface area contributed by atoms with Gasteiger partial charge in [0, 0.05) is 5.69 Å². The van der Waals surface area contributed by atoms with Gasteiger partial charge in [0.1, 0.15) is 5.75 Å². The van der Waals surface area contributed by atoms with Crippen LogP contribution in [0.4, 0.5) is 10.5 Å². The molecule has 4 aromatic carbocycles. The number of rotatable bonds is 7. The third-order valence-electron chi connectivity index (χ3n) is 6.29. The van der Waals surface area contributed by atoms with E-state index in [1.54, 1.807) is 30.3 Å². The Labute approximate surface area is 225 Å². The second kappa shape index (κ2) is 10.9. The van der Waals surface area contributed by atoms with E-state index < -0.39 is 0 Å². The van der Waals surface area contributed by atoms with Crippen molar-refractivity contribution >= 4 is 51.4 Å². The molecule has 3 amide bonds. The molecule has 6 nitrogen and oxygen atoms in total. The molecule has 0 aromatic heterocycles. The van der Waals surface area contributed by atoms with Crippen LogP contribution in [-0.4, -0.2) is 28.6 Å². The smallest absolute Gasteiger partial charge is 0.293 e. The van der Waals surface area contributed by atoms with Crippen molar-refractivity contribution in [2.24, 2.45) is 0 Å². The van der Waals surface area contributed by atoms with Crippen LogP contribution in [0.15, 0.2) is 89.8 Å². The van der Waals surface area contributed by atoms with Gasteiger partial charge in [-0.1, -0.05) is 72.3 Å². The van der Waals surface area contributed by atoms with Gasteiger partial charge in [0.2, 0.25) is 0 Å². The maximum absolute atomic E-state index is 13.0. The van der Waals surface area contributed by atoms with Crippen molar-refractivity contribution in [2.75, 3.05) is 11.9 Å². The summed E-state index contributed by atoms with van der Waals surface area (Å²) in [6, 6.07) is 26.7. The van der Waals surface area contributed by atoms with Crippen LogP contribution < -0.4 is 10.1 Å². The van der Waals surface area contributed by atoms with Crippen LogP contribution in [-0.2, 0) is 16.1 Å². The molecule has 0 spiro atoms. The Hall–Kier alpha value is -4.36. The summed E-state index contributed by atoms with van der Waals surface area (Å²) in [5.74, 6) is -0.0285. The number of fused-ring (bicyclic) bond motifs is 1. The third kappa shape index (κ3) is 5.63. The predicted octanol–water partition coefficient (Wildman–Crippen LogP) is 6.71. The van der Waals surface area contributed by atoms with Gasteiger partial charge < -0.3 is 10.1 Å². The summed E-state index contributed by atoms with van der Waals surface area (Å²) >= 11 is 0.937. The van der Waals surface area contributed by atoms with Crippen molar-refractivity contribution in [3.05, 3.63) is 112 Å². The number of ether oxygens (including phenoxy) is 1. The number of nitrogens with one attached hydrogen (secondary N) is 1. The molecule has 5 rings (SSSR count). The molecule has 1 aliphatic heterocycles. The van der Waals surface area contributed by atoms with Crippen LogP contribution >= 0.6 is 11.8 Å². The fourth-order valence-electron chi connectivity index (χ4n) is 4.34. The summed E-state index contributed by atoms with van der Waals surface area (Å²) in [6.45, 7) is 4.05. The number of imide groups is 1. The summed E-state index contributed by atoms with van der Waals surface area (Å²) in [4.78, 5) is 39.7. The second-order valence-corrected chi connectivity index (χ2v) is 10.1. The minimum absolute atomic E-state index is 0.125. The number of aryl methyl sites for hydroxylation is 2. The molecule has 0 bridgehead atoms. The first kappa shape index (κ1) is 25.3. The summed E-state index contributed by atoms with van der Waals surface area (Å²) in [7, 11) is 0. The zero-order valence-corrected chi connectivity index (χ0v) is 21.9. The fourth-order valence-corrected chi connectivity index (χ4v) is 5.18. The van der Waals surface area contributed by atoms with E-state index in [4.69, 9.17) is 4.74 Å². The molecular weight excluding hydrogens is 496 g/mol. The Morgan fingerprint density at radius 1 is 0.947 bits per heavy atom. The third-order valence-corrected chi connectivity index (χ3v) is 7.19. The van der Waals surface area contributed by atoms with Gasteiger partial charge in [0.05, 0.1) is 11.4 Å².